The van der Waals surface area contributed by atoms with Gasteiger partial charge in [0.15, 0.2) is 0 Å². The standard InChI is InChI=1S/C14H19NO2/c1-4-15(2)11-12-7-8-14(17-3)13(10-12)6-5-9-16/h7-8,10,16H,4,9,11H2,1-3H3. The fourth-order valence-electron chi connectivity index (χ4n) is 1.51. The fourth-order valence-corrected chi connectivity index (χ4v) is 1.51. The number of aliphatic hydroxyl groups is 1. The molecular weight excluding hydrogens is 214 g/mol. The second-order valence-electron chi connectivity index (χ2n) is 3.82. The highest BCUT2D eigenvalue weighted by Crippen LogP contribution is 2.19. The quantitative estimate of drug-likeness (QED) is 0.800. The van der Waals surface area contributed by atoms with E-state index in [1.807, 2.05) is 18.2 Å². The molecule has 0 saturated heterocycles. The smallest absolute Gasteiger partial charge is 0.134 e. The van der Waals surface area contributed by atoms with Crippen molar-refractivity contribution < 1.29 is 9.84 Å². The van der Waals surface area contributed by atoms with Gasteiger partial charge in [0.25, 0.3) is 0 Å². The first kappa shape index (κ1) is 13.6. The van der Waals surface area contributed by atoms with Gasteiger partial charge in [-0.1, -0.05) is 24.8 Å². The van der Waals surface area contributed by atoms with Crippen LogP contribution in [0.15, 0.2) is 18.2 Å². The summed E-state index contributed by atoms with van der Waals surface area (Å²) in [5, 5.41) is 8.72. The van der Waals surface area contributed by atoms with E-state index in [0.29, 0.717) is 0 Å². The molecule has 1 N–H and O–H groups in total. The molecule has 0 atom stereocenters. The minimum atomic E-state index is -0.137. The molecule has 1 aromatic rings. The van der Waals surface area contributed by atoms with Gasteiger partial charge in [0.2, 0.25) is 0 Å². The van der Waals surface area contributed by atoms with Crippen molar-refractivity contribution in [3.63, 3.8) is 0 Å². The highest BCUT2D eigenvalue weighted by Gasteiger charge is 2.03. The van der Waals surface area contributed by atoms with Gasteiger partial charge in [-0.2, -0.15) is 0 Å². The summed E-state index contributed by atoms with van der Waals surface area (Å²) in [7, 11) is 3.70. The van der Waals surface area contributed by atoms with Gasteiger partial charge >= 0.3 is 0 Å². The summed E-state index contributed by atoms with van der Waals surface area (Å²) in [6.07, 6.45) is 0. The van der Waals surface area contributed by atoms with Crippen LogP contribution in [0.25, 0.3) is 0 Å². The Morgan fingerprint density at radius 1 is 1.41 bits per heavy atom. The number of rotatable bonds is 4. The third kappa shape index (κ3) is 4.10. The Labute approximate surface area is 103 Å². The van der Waals surface area contributed by atoms with Crippen LogP contribution in [-0.2, 0) is 6.54 Å². The molecule has 17 heavy (non-hydrogen) atoms. The van der Waals surface area contributed by atoms with E-state index in [2.05, 4.69) is 30.7 Å². The summed E-state index contributed by atoms with van der Waals surface area (Å²) >= 11 is 0. The van der Waals surface area contributed by atoms with E-state index in [-0.39, 0.29) is 6.61 Å². The SMILES string of the molecule is CCN(C)Cc1ccc(OC)c(C#CCO)c1. The molecule has 0 bridgehead atoms. The lowest BCUT2D eigenvalue weighted by Gasteiger charge is -2.14. The maximum absolute atomic E-state index is 8.72. The van der Waals surface area contributed by atoms with E-state index < -0.39 is 0 Å². The van der Waals surface area contributed by atoms with Crippen LogP contribution in [0.3, 0.4) is 0 Å². The molecule has 0 aliphatic rings. The molecule has 0 amide bonds. The predicted molar refractivity (Wildman–Crippen MR) is 69.0 cm³/mol. The zero-order valence-corrected chi connectivity index (χ0v) is 10.7. The molecule has 3 heteroatoms. The Kier molecular flexibility index (Phi) is 5.55. The van der Waals surface area contributed by atoms with Crippen LogP contribution in [0, 0.1) is 11.8 Å². The lowest BCUT2D eigenvalue weighted by atomic mass is 10.1. The number of benzene rings is 1. The summed E-state index contributed by atoms with van der Waals surface area (Å²) in [5.41, 5.74) is 2.01. The van der Waals surface area contributed by atoms with Gasteiger partial charge in [0.05, 0.1) is 12.7 Å². The predicted octanol–water partition coefficient (Wildman–Crippen LogP) is 1.49. The van der Waals surface area contributed by atoms with Crippen LogP contribution in [0.1, 0.15) is 18.1 Å². The first-order valence-electron chi connectivity index (χ1n) is 5.66. The van der Waals surface area contributed by atoms with Crippen molar-refractivity contribution in [1.82, 2.24) is 4.90 Å². The number of ether oxygens (including phenoxy) is 1. The normalized spacial score (nSPS) is 9.94. The van der Waals surface area contributed by atoms with Crippen LogP contribution < -0.4 is 4.74 Å². The number of methoxy groups -OCH3 is 1. The molecule has 0 unspecified atom stereocenters. The molecule has 0 aromatic heterocycles. The molecule has 0 heterocycles. The van der Waals surface area contributed by atoms with Crippen molar-refractivity contribution in [2.24, 2.45) is 0 Å². The largest absolute Gasteiger partial charge is 0.495 e. The Balaban J connectivity index is 2.96. The molecule has 0 radical (unpaired) electrons. The first-order chi connectivity index (χ1) is 8.21. The van der Waals surface area contributed by atoms with E-state index in [4.69, 9.17) is 9.84 Å². The fraction of sp³-hybridized carbons (Fsp3) is 0.429. The Hall–Kier alpha value is -1.50. The molecule has 0 aliphatic carbocycles. The number of nitrogens with zero attached hydrogens (tertiary/aromatic N) is 1. The molecule has 0 fully saturated rings. The summed E-state index contributed by atoms with van der Waals surface area (Å²) in [4.78, 5) is 2.21. The molecule has 92 valence electrons. The summed E-state index contributed by atoms with van der Waals surface area (Å²) in [5.74, 6) is 6.29. The summed E-state index contributed by atoms with van der Waals surface area (Å²) < 4.78 is 5.23. The van der Waals surface area contributed by atoms with Crippen LogP contribution >= 0.6 is 0 Å². The molecule has 0 saturated carbocycles. The van der Waals surface area contributed by atoms with E-state index in [0.717, 1.165) is 24.4 Å². The number of hydrogen-bond acceptors (Lipinski definition) is 3. The molecule has 1 aromatic carbocycles. The Morgan fingerprint density at radius 3 is 2.76 bits per heavy atom. The van der Waals surface area contributed by atoms with Crippen LogP contribution in [-0.4, -0.2) is 37.3 Å². The van der Waals surface area contributed by atoms with E-state index in [1.54, 1.807) is 7.11 Å². The van der Waals surface area contributed by atoms with Crippen LogP contribution in [0.5, 0.6) is 5.75 Å². The average molecular weight is 233 g/mol. The van der Waals surface area contributed by atoms with Gasteiger partial charge in [0.1, 0.15) is 12.4 Å². The minimum absolute atomic E-state index is 0.137. The number of aliphatic hydroxyl groups excluding tert-OH is 1. The maximum atomic E-state index is 8.72. The second kappa shape index (κ2) is 6.95. The number of hydrogen-bond donors (Lipinski definition) is 1. The van der Waals surface area contributed by atoms with E-state index in [9.17, 15) is 0 Å². The third-order valence-electron chi connectivity index (χ3n) is 2.56. The second-order valence-corrected chi connectivity index (χ2v) is 3.82. The molecule has 3 nitrogen and oxygen atoms in total. The van der Waals surface area contributed by atoms with Crippen molar-refractivity contribution in [2.45, 2.75) is 13.5 Å². The van der Waals surface area contributed by atoms with Crippen molar-refractivity contribution >= 4 is 0 Å². The lowest BCUT2D eigenvalue weighted by Crippen LogP contribution is -2.16. The zero-order chi connectivity index (χ0) is 12.7. The highest BCUT2D eigenvalue weighted by atomic mass is 16.5. The monoisotopic (exact) mass is 233 g/mol. The maximum Gasteiger partial charge on any atom is 0.134 e. The van der Waals surface area contributed by atoms with Crippen molar-refractivity contribution in [2.75, 3.05) is 27.3 Å². The summed E-state index contributed by atoms with van der Waals surface area (Å²) in [6.45, 7) is 3.87. The Bertz CT molecular complexity index is 418. The Morgan fingerprint density at radius 2 is 2.18 bits per heavy atom. The molecule has 0 spiro atoms. The van der Waals surface area contributed by atoms with Gasteiger partial charge in [-0.15, -0.1) is 0 Å². The van der Waals surface area contributed by atoms with E-state index in [1.165, 1.54) is 5.56 Å². The van der Waals surface area contributed by atoms with Gasteiger partial charge < -0.3 is 14.7 Å². The topological polar surface area (TPSA) is 32.7 Å². The highest BCUT2D eigenvalue weighted by molar-refractivity contribution is 5.48. The van der Waals surface area contributed by atoms with Gasteiger partial charge in [-0.05, 0) is 31.3 Å². The van der Waals surface area contributed by atoms with Crippen molar-refractivity contribution in [3.8, 4) is 17.6 Å². The van der Waals surface area contributed by atoms with Crippen molar-refractivity contribution in [3.05, 3.63) is 29.3 Å². The van der Waals surface area contributed by atoms with Gasteiger partial charge in [-0.25, -0.2) is 0 Å². The first-order valence-corrected chi connectivity index (χ1v) is 5.66. The third-order valence-corrected chi connectivity index (χ3v) is 2.56. The van der Waals surface area contributed by atoms with Gasteiger partial charge in [-0.3, -0.25) is 0 Å². The lowest BCUT2D eigenvalue weighted by molar-refractivity contribution is 0.345. The van der Waals surface area contributed by atoms with E-state index >= 15 is 0 Å². The summed E-state index contributed by atoms with van der Waals surface area (Å²) in [6, 6.07) is 5.96. The molecule has 1 rings (SSSR count). The van der Waals surface area contributed by atoms with Crippen molar-refractivity contribution in [1.29, 1.82) is 0 Å². The molecular formula is C14H19NO2. The average Bonchev–Trinajstić information content (AvgIpc) is 2.36. The molecule has 0 aliphatic heterocycles. The minimum Gasteiger partial charge on any atom is -0.495 e. The van der Waals surface area contributed by atoms with Crippen LogP contribution in [0.2, 0.25) is 0 Å². The van der Waals surface area contributed by atoms with Gasteiger partial charge in [0, 0.05) is 6.54 Å². The van der Waals surface area contributed by atoms with Crippen LogP contribution in [0.4, 0.5) is 0 Å². The zero-order valence-electron chi connectivity index (χ0n) is 10.7.